The topological polar surface area (TPSA) is 49.7 Å². The normalized spacial score (nSPS) is 3.00. The van der Waals surface area contributed by atoms with Gasteiger partial charge in [0.15, 0.2) is 5.34 Å². The van der Waals surface area contributed by atoms with Gasteiger partial charge in [0.05, 0.1) is 0 Å². The number of nitrogens with zero attached hydrogens (tertiary/aromatic N) is 1. The van der Waals surface area contributed by atoms with Crippen molar-refractivity contribution >= 4 is 68.9 Å². The van der Waals surface area contributed by atoms with E-state index in [2.05, 4.69) is 0 Å². The smallest absolute Gasteiger partial charge is 0.152 e. The predicted octanol–water partition coefficient (Wildman–Crippen LogP) is -0.239. The van der Waals surface area contributed by atoms with Crippen LogP contribution in [0.4, 0.5) is 0 Å². The van der Waals surface area contributed by atoms with Gasteiger partial charge in [-0.1, -0.05) is 0 Å². The molecular formula is HCsNO2. The van der Waals surface area contributed by atoms with Gasteiger partial charge in [0, 0.05) is 68.9 Å². The van der Waals surface area contributed by atoms with Crippen molar-refractivity contribution in [3.63, 3.8) is 0 Å². The predicted molar refractivity (Wildman–Crippen MR) is 13.3 cm³/mol. The van der Waals surface area contributed by atoms with Gasteiger partial charge in [-0.25, -0.2) is 0 Å². The fraction of sp³-hybridized carbons (Fsp3) is 0. The van der Waals surface area contributed by atoms with E-state index >= 15 is 0 Å². The molecule has 0 saturated carbocycles. The van der Waals surface area contributed by atoms with Crippen molar-refractivity contribution < 1.29 is 5.21 Å². The fourth-order valence-corrected chi connectivity index (χ4v) is 0. The van der Waals surface area contributed by atoms with Crippen LogP contribution in [0.1, 0.15) is 0 Å². The molecular weight excluding hydrogens is 179 g/mol. The molecule has 0 rings (SSSR count). The second-order valence-corrected chi connectivity index (χ2v) is 0.0816. The second-order valence-electron chi connectivity index (χ2n) is 0.0816. The molecule has 0 aliphatic carbocycles. The summed E-state index contributed by atoms with van der Waals surface area (Å²) in [6, 6.07) is 0. The third-order valence-corrected chi connectivity index (χ3v) is 0. The Morgan fingerprint density at radius 3 is 1.75 bits per heavy atom. The van der Waals surface area contributed by atoms with Crippen molar-refractivity contribution in [1.82, 2.24) is 0 Å². The molecule has 1 radical (unpaired) electrons. The van der Waals surface area contributed by atoms with Crippen LogP contribution in [-0.2, 0) is 0 Å². The summed E-state index contributed by atoms with van der Waals surface area (Å²) < 4.78 is 0. The molecule has 4 heteroatoms. The SMILES string of the molecule is O=NO.[Cs]. The summed E-state index contributed by atoms with van der Waals surface area (Å²) in [4.78, 5) is 8.11. The molecule has 19 valence electrons. The molecule has 0 bridgehead atoms. The largest absolute Gasteiger partial charge is 0.379 e. The molecule has 1 N–H and O–H groups in total. The molecule has 0 amide bonds. The van der Waals surface area contributed by atoms with Gasteiger partial charge >= 0.3 is 0 Å². The first-order valence-electron chi connectivity index (χ1n) is 0.383. The molecule has 0 unspecified atom stereocenters. The van der Waals surface area contributed by atoms with Crippen LogP contribution >= 0.6 is 0 Å². The molecule has 0 saturated heterocycles. The number of hydrogen-bond acceptors (Lipinski definition) is 2. The number of hydrogen-bond donors (Lipinski definition) is 1. The first-order chi connectivity index (χ1) is 1.41. The minimum Gasteiger partial charge on any atom is -0.379 e. The molecule has 0 aromatic rings. The quantitative estimate of drug-likeness (QED) is 0.413. The van der Waals surface area contributed by atoms with E-state index in [-0.39, 0.29) is 68.9 Å². The molecule has 0 aromatic carbocycles. The van der Waals surface area contributed by atoms with Crippen molar-refractivity contribution in [2.24, 2.45) is 5.34 Å². The van der Waals surface area contributed by atoms with Gasteiger partial charge in [0.2, 0.25) is 0 Å². The van der Waals surface area contributed by atoms with Crippen LogP contribution in [0.15, 0.2) is 5.34 Å². The zero-order chi connectivity index (χ0) is 2.71. The maximum Gasteiger partial charge on any atom is 0.152 e. The molecule has 3 nitrogen and oxygen atoms in total. The summed E-state index contributed by atoms with van der Waals surface area (Å²) >= 11 is 0. The Balaban J connectivity index is 0. The molecule has 0 fully saturated rings. The monoisotopic (exact) mass is 180 g/mol. The Morgan fingerprint density at radius 2 is 1.75 bits per heavy atom. The van der Waals surface area contributed by atoms with Crippen LogP contribution in [0.3, 0.4) is 0 Å². The third-order valence-electron chi connectivity index (χ3n) is 0. The Labute approximate surface area is 82.1 Å². The van der Waals surface area contributed by atoms with Crippen molar-refractivity contribution in [2.75, 3.05) is 0 Å². The van der Waals surface area contributed by atoms with Crippen molar-refractivity contribution in [2.45, 2.75) is 0 Å². The average Bonchev–Trinajstić information content (AvgIpc) is 0.918. The van der Waals surface area contributed by atoms with Crippen molar-refractivity contribution in [3.05, 3.63) is 4.91 Å². The summed E-state index contributed by atoms with van der Waals surface area (Å²) in [5, 5.41) is 7.89. The van der Waals surface area contributed by atoms with Crippen molar-refractivity contribution in [3.8, 4) is 0 Å². The molecule has 0 atom stereocenters. The van der Waals surface area contributed by atoms with Gasteiger partial charge < -0.3 is 5.21 Å². The van der Waals surface area contributed by atoms with Gasteiger partial charge in [-0.3, -0.25) is 0 Å². The van der Waals surface area contributed by atoms with Crippen molar-refractivity contribution in [1.29, 1.82) is 0 Å². The van der Waals surface area contributed by atoms with Gasteiger partial charge in [-0.2, -0.15) is 0 Å². The Kier molecular flexibility index (Phi) is 20.0. The van der Waals surface area contributed by atoms with E-state index in [0.29, 0.717) is 0 Å². The molecule has 0 aliphatic rings. The third kappa shape index (κ3) is 9.84. The maximum absolute atomic E-state index is 8.11. The van der Waals surface area contributed by atoms with Gasteiger partial charge in [0.25, 0.3) is 0 Å². The van der Waals surface area contributed by atoms with Crippen LogP contribution in [0.2, 0.25) is 0 Å². The molecule has 4 heavy (non-hydrogen) atoms. The molecule has 0 spiro atoms. The van der Waals surface area contributed by atoms with Gasteiger partial charge in [-0.15, -0.1) is 4.91 Å². The van der Waals surface area contributed by atoms with E-state index in [4.69, 9.17) is 10.1 Å². The van der Waals surface area contributed by atoms with E-state index in [1.54, 1.807) is 0 Å². The fourth-order valence-electron chi connectivity index (χ4n) is 0. The summed E-state index contributed by atoms with van der Waals surface area (Å²) in [7, 11) is 0. The average molecular weight is 180 g/mol. The van der Waals surface area contributed by atoms with Gasteiger partial charge in [0.1, 0.15) is 0 Å². The van der Waals surface area contributed by atoms with Crippen LogP contribution in [-0.4, -0.2) is 74.1 Å². The Morgan fingerprint density at radius 1 is 1.75 bits per heavy atom. The summed E-state index contributed by atoms with van der Waals surface area (Å²) in [5.41, 5.74) is 0. The first kappa shape index (κ1) is 9.07. The molecule has 0 heterocycles. The molecule has 0 aliphatic heterocycles. The number of rotatable bonds is 0. The summed E-state index contributed by atoms with van der Waals surface area (Å²) in [5.74, 6) is 0. The Hall–Kier alpha value is 1.45. The van der Waals surface area contributed by atoms with Crippen LogP contribution in [0, 0.1) is 4.91 Å². The van der Waals surface area contributed by atoms with Crippen LogP contribution in [0.25, 0.3) is 0 Å². The second kappa shape index (κ2) is 8.82. The standard InChI is InChI=1S/Cs.HNO2/c;2-1-3/h;(H,2,3). The van der Waals surface area contributed by atoms with E-state index in [0.717, 1.165) is 0 Å². The maximum atomic E-state index is 8.11. The van der Waals surface area contributed by atoms with E-state index < -0.39 is 0 Å². The van der Waals surface area contributed by atoms with E-state index in [1.807, 2.05) is 0 Å². The molecule has 0 aromatic heterocycles. The van der Waals surface area contributed by atoms with Gasteiger partial charge in [-0.05, 0) is 0 Å². The first-order valence-corrected chi connectivity index (χ1v) is 0.383. The summed E-state index contributed by atoms with van der Waals surface area (Å²) in [6.07, 6.45) is 0. The zero-order valence-corrected chi connectivity index (χ0v) is 8.58. The summed E-state index contributed by atoms with van der Waals surface area (Å²) in [6.45, 7) is 0. The van der Waals surface area contributed by atoms with E-state index in [1.165, 1.54) is 5.34 Å². The zero-order valence-electron chi connectivity index (χ0n) is 2.30. The van der Waals surface area contributed by atoms with E-state index in [9.17, 15) is 0 Å². The minimum atomic E-state index is 0. The minimum absolute atomic E-state index is 0. The Bertz CT molecular complexity index is 13.5. The van der Waals surface area contributed by atoms with Crippen LogP contribution in [0.5, 0.6) is 0 Å². The van der Waals surface area contributed by atoms with Crippen LogP contribution < -0.4 is 0 Å².